The van der Waals surface area contributed by atoms with Crippen LogP contribution < -0.4 is 10.6 Å². The van der Waals surface area contributed by atoms with E-state index >= 15 is 0 Å². The number of carbonyl (C=O) groups excluding carboxylic acids is 2. The lowest BCUT2D eigenvalue weighted by atomic mass is 10.1. The molecule has 0 fully saturated rings. The van der Waals surface area contributed by atoms with Crippen LogP contribution in [0.2, 0.25) is 0 Å². The number of amides is 2. The van der Waals surface area contributed by atoms with Crippen molar-refractivity contribution < 1.29 is 9.59 Å². The molecule has 0 saturated carbocycles. The van der Waals surface area contributed by atoms with Crippen LogP contribution in [0.1, 0.15) is 35.3 Å². The summed E-state index contributed by atoms with van der Waals surface area (Å²) in [5, 5.41) is 15.4. The van der Waals surface area contributed by atoms with Crippen LogP contribution in [0.25, 0.3) is 0 Å². The van der Waals surface area contributed by atoms with E-state index in [9.17, 15) is 9.59 Å². The van der Waals surface area contributed by atoms with Crippen LogP contribution in [0.15, 0.2) is 36.9 Å². The third-order valence-electron chi connectivity index (χ3n) is 3.18. The smallest absolute Gasteiger partial charge is 0.247 e. The molecule has 0 spiro atoms. The Morgan fingerprint density at radius 2 is 1.96 bits per heavy atom. The summed E-state index contributed by atoms with van der Waals surface area (Å²) in [5.41, 5.74) is 1.53. The lowest BCUT2D eigenvalue weighted by Crippen LogP contribution is -2.24. The first-order valence-electron chi connectivity index (χ1n) is 7.59. The van der Waals surface area contributed by atoms with E-state index in [-0.39, 0.29) is 18.2 Å². The summed E-state index contributed by atoms with van der Waals surface area (Å²) in [7, 11) is 0. The Labute approximate surface area is 145 Å². The number of carbonyl (C=O) groups is 2. The van der Waals surface area contributed by atoms with E-state index in [0.29, 0.717) is 18.2 Å². The molecule has 0 aliphatic heterocycles. The van der Waals surface area contributed by atoms with E-state index in [0.717, 1.165) is 15.6 Å². The average Bonchev–Trinajstić information content (AvgIpc) is 3.04. The van der Waals surface area contributed by atoms with E-state index < -0.39 is 0 Å². The van der Waals surface area contributed by atoms with Crippen LogP contribution >= 0.6 is 11.3 Å². The summed E-state index contributed by atoms with van der Waals surface area (Å²) in [6.45, 7) is 7.90. The molecule has 1 aromatic carbocycles. The van der Waals surface area contributed by atoms with Gasteiger partial charge in [-0.1, -0.05) is 43.9 Å². The fraction of sp³-hybridized carbons (Fsp3) is 0.294. The highest BCUT2D eigenvalue weighted by atomic mass is 32.1. The van der Waals surface area contributed by atoms with Gasteiger partial charge in [-0.2, -0.15) is 0 Å². The van der Waals surface area contributed by atoms with Crippen molar-refractivity contribution in [3.05, 3.63) is 52.5 Å². The molecule has 0 saturated heterocycles. The SMILES string of the molecule is C=CC(=O)Nc1ccc(CC(=O)NCc2nnc(C(C)C)s2)cc1. The Morgan fingerprint density at radius 3 is 2.54 bits per heavy atom. The quantitative estimate of drug-likeness (QED) is 0.756. The molecule has 24 heavy (non-hydrogen) atoms. The minimum Gasteiger partial charge on any atom is -0.349 e. The van der Waals surface area contributed by atoms with Crippen LogP contribution in [0.4, 0.5) is 5.69 Å². The van der Waals surface area contributed by atoms with Gasteiger partial charge in [0.1, 0.15) is 10.0 Å². The molecule has 0 aliphatic rings. The zero-order valence-electron chi connectivity index (χ0n) is 13.7. The molecule has 0 aliphatic carbocycles. The lowest BCUT2D eigenvalue weighted by Gasteiger charge is -2.05. The molecule has 7 heteroatoms. The molecular formula is C17H20N4O2S. The van der Waals surface area contributed by atoms with E-state index in [1.165, 1.54) is 17.4 Å². The van der Waals surface area contributed by atoms with Gasteiger partial charge in [0.25, 0.3) is 0 Å². The maximum absolute atomic E-state index is 12.0. The normalized spacial score (nSPS) is 10.5. The molecule has 0 bridgehead atoms. The van der Waals surface area contributed by atoms with Crippen molar-refractivity contribution in [1.82, 2.24) is 15.5 Å². The number of hydrogen-bond acceptors (Lipinski definition) is 5. The molecule has 1 aromatic heterocycles. The van der Waals surface area contributed by atoms with Crippen LogP contribution in [0.5, 0.6) is 0 Å². The number of benzene rings is 1. The second kappa shape index (κ2) is 8.35. The van der Waals surface area contributed by atoms with Crippen molar-refractivity contribution in [2.45, 2.75) is 32.7 Å². The van der Waals surface area contributed by atoms with Gasteiger partial charge >= 0.3 is 0 Å². The van der Waals surface area contributed by atoms with Gasteiger partial charge in [0.05, 0.1) is 13.0 Å². The molecule has 0 atom stereocenters. The van der Waals surface area contributed by atoms with Gasteiger partial charge < -0.3 is 10.6 Å². The van der Waals surface area contributed by atoms with Crippen molar-refractivity contribution in [3.63, 3.8) is 0 Å². The monoisotopic (exact) mass is 344 g/mol. The number of hydrogen-bond donors (Lipinski definition) is 2. The average molecular weight is 344 g/mol. The summed E-state index contributed by atoms with van der Waals surface area (Å²) in [5.74, 6) is -0.00969. The van der Waals surface area contributed by atoms with E-state index in [1.807, 2.05) is 0 Å². The van der Waals surface area contributed by atoms with Crippen molar-refractivity contribution in [3.8, 4) is 0 Å². The van der Waals surface area contributed by atoms with Crippen LogP contribution in [-0.2, 0) is 22.6 Å². The highest BCUT2D eigenvalue weighted by molar-refractivity contribution is 7.11. The minimum absolute atomic E-state index is 0.0841. The molecule has 126 valence electrons. The Morgan fingerprint density at radius 1 is 1.25 bits per heavy atom. The Balaban J connectivity index is 1.83. The zero-order chi connectivity index (χ0) is 17.5. The molecule has 2 amide bonds. The van der Waals surface area contributed by atoms with Crippen LogP contribution in [0, 0.1) is 0 Å². The molecule has 2 rings (SSSR count). The van der Waals surface area contributed by atoms with Crippen LogP contribution in [-0.4, -0.2) is 22.0 Å². The number of rotatable bonds is 7. The van der Waals surface area contributed by atoms with Gasteiger partial charge in [-0.25, -0.2) is 0 Å². The predicted molar refractivity (Wildman–Crippen MR) is 94.8 cm³/mol. The summed E-state index contributed by atoms with van der Waals surface area (Å²) in [6, 6.07) is 7.12. The molecule has 1 heterocycles. The topological polar surface area (TPSA) is 84.0 Å². The lowest BCUT2D eigenvalue weighted by molar-refractivity contribution is -0.120. The summed E-state index contributed by atoms with van der Waals surface area (Å²) >= 11 is 1.51. The first kappa shape index (κ1) is 17.8. The Kier molecular flexibility index (Phi) is 6.20. The van der Waals surface area contributed by atoms with Crippen molar-refractivity contribution >= 4 is 28.8 Å². The molecule has 6 nitrogen and oxygen atoms in total. The Hall–Kier alpha value is -2.54. The molecule has 2 aromatic rings. The highest BCUT2D eigenvalue weighted by Gasteiger charge is 2.09. The first-order chi connectivity index (χ1) is 11.5. The maximum Gasteiger partial charge on any atom is 0.247 e. The van der Waals surface area contributed by atoms with E-state index in [2.05, 4.69) is 41.3 Å². The molecule has 2 N–H and O–H groups in total. The third kappa shape index (κ3) is 5.27. The molecule has 0 radical (unpaired) electrons. The van der Waals surface area contributed by atoms with Gasteiger partial charge in [0, 0.05) is 11.6 Å². The van der Waals surface area contributed by atoms with Gasteiger partial charge in [-0.05, 0) is 23.8 Å². The summed E-state index contributed by atoms with van der Waals surface area (Å²) < 4.78 is 0. The predicted octanol–water partition coefficient (Wildman–Crippen LogP) is 2.64. The number of nitrogens with zero attached hydrogens (tertiary/aromatic N) is 2. The van der Waals surface area contributed by atoms with Gasteiger partial charge in [-0.3, -0.25) is 9.59 Å². The summed E-state index contributed by atoms with van der Waals surface area (Å²) in [6.07, 6.45) is 1.48. The van der Waals surface area contributed by atoms with E-state index in [4.69, 9.17) is 0 Å². The van der Waals surface area contributed by atoms with Gasteiger partial charge in [-0.15, -0.1) is 10.2 Å². The first-order valence-corrected chi connectivity index (χ1v) is 8.41. The Bertz CT molecular complexity index is 722. The fourth-order valence-corrected chi connectivity index (χ4v) is 2.68. The largest absolute Gasteiger partial charge is 0.349 e. The molecule has 0 unspecified atom stereocenters. The van der Waals surface area contributed by atoms with Crippen molar-refractivity contribution in [2.24, 2.45) is 0 Å². The van der Waals surface area contributed by atoms with Crippen molar-refractivity contribution in [2.75, 3.05) is 5.32 Å². The zero-order valence-corrected chi connectivity index (χ0v) is 14.5. The number of aromatic nitrogens is 2. The second-order valence-electron chi connectivity index (χ2n) is 5.53. The maximum atomic E-state index is 12.0. The number of anilines is 1. The van der Waals surface area contributed by atoms with Crippen LogP contribution in [0.3, 0.4) is 0 Å². The van der Waals surface area contributed by atoms with Gasteiger partial charge in [0.15, 0.2) is 0 Å². The minimum atomic E-state index is -0.265. The second-order valence-corrected chi connectivity index (χ2v) is 6.63. The van der Waals surface area contributed by atoms with E-state index in [1.54, 1.807) is 24.3 Å². The van der Waals surface area contributed by atoms with Gasteiger partial charge in [0.2, 0.25) is 11.8 Å². The standard InChI is InChI=1S/C17H20N4O2S/c1-4-14(22)19-13-7-5-12(6-8-13)9-15(23)18-10-16-20-21-17(24-16)11(2)3/h4-8,11H,1,9-10H2,2-3H3,(H,18,23)(H,19,22). The third-order valence-corrected chi connectivity index (χ3v) is 4.41. The fourth-order valence-electron chi connectivity index (χ4n) is 1.89. The molecular weight excluding hydrogens is 324 g/mol. The van der Waals surface area contributed by atoms with Crippen molar-refractivity contribution in [1.29, 1.82) is 0 Å². The highest BCUT2D eigenvalue weighted by Crippen LogP contribution is 2.18. The summed E-state index contributed by atoms with van der Waals surface area (Å²) in [4.78, 5) is 23.2. The number of nitrogens with one attached hydrogen (secondary N) is 2.